The number of anilines is 1. The van der Waals surface area contributed by atoms with Crippen molar-refractivity contribution in [2.45, 2.75) is 17.7 Å². The average molecular weight is 352 g/mol. The third kappa shape index (κ3) is 3.14. The summed E-state index contributed by atoms with van der Waals surface area (Å²) in [6, 6.07) is 13.4. The maximum absolute atomic E-state index is 11.9. The van der Waals surface area contributed by atoms with Gasteiger partial charge in [0.1, 0.15) is 9.75 Å². The molecule has 1 aliphatic rings. The number of amides is 1. The summed E-state index contributed by atoms with van der Waals surface area (Å²) in [7, 11) is 0. The molecule has 1 aliphatic carbocycles. The standard InChI is InChI=1S/C17H15Cl2NO3/c1-16(10-17(16,18)19)15(22)23-9-14(21)20-13-7-6-11-4-2-3-5-12(11)8-13/h2-8H,9-10H2,1H3,(H,20,21)/t16-/m0/s1. The van der Waals surface area contributed by atoms with Crippen LogP contribution in [0.3, 0.4) is 0 Å². The van der Waals surface area contributed by atoms with Gasteiger partial charge >= 0.3 is 5.97 Å². The van der Waals surface area contributed by atoms with E-state index in [2.05, 4.69) is 5.32 Å². The van der Waals surface area contributed by atoms with Gasteiger partial charge in [-0.15, -0.1) is 23.2 Å². The molecule has 0 spiro atoms. The lowest BCUT2D eigenvalue weighted by Crippen LogP contribution is -2.26. The van der Waals surface area contributed by atoms with E-state index in [0.29, 0.717) is 12.1 Å². The van der Waals surface area contributed by atoms with Gasteiger partial charge < -0.3 is 10.1 Å². The lowest BCUT2D eigenvalue weighted by molar-refractivity contribution is -0.152. The lowest BCUT2D eigenvalue weighted by atomic mass is 10.1. The molecule has 0 bridgehead atoms. The second-order valence-electron chi connectivity index (χ2n) is 5.90. The Labute approximate surface area is 143 Å². The zero-order valence-corrected chi connectivity index (χ0v) is 13.9. The first kappa shape index (κ1) is 16.1. The molecule has 0 unspecified atom stereocenters. The van der Waals surface area contributed by atoms with Gasteiger partial charge in [0.25, 0.3) is 5.91 Å². The molecule has 1 saturated carbocycles. The summed E-state index contributed by atoms with van der Waals surface area (Å²) < 4.78 is 3.91. The Kier molecular flexibility index (Phi) is 3.98. The van der Waals surface area contributed by atoms with Gasteiger partial charge in [-0.05, 0) is 29.8 Å². The van der Waals surface area contributed by atoms with E-state index >= 15 is 0 Å². The van der Waals surface area contributed by atoms with Crippen LogP contribution in [0.5, 0.6) is 0 Å². The maximum atomic E-state index is 11.9. The molecule has 0 aromatic heterocycles. The third-order valence-corrected chi connectivity index (χ3v) is 5.18. The zero-order valence-electron chi connectivity index (χ0n) is 12.4. The maximum Gasteiger partial charge on any atom is 0.315 e. The minimum atomic E-state index is -1.10. The summed E-state index contributed by atoms with van der Waals surface area (Å²) in [6.45, 7) is 1.25. The highest BCUT2D eigenvalue weighted by Crippen LogP contribution is 2.64. The number of alkyl halides is 2. The van der Waals surface area contributed by atoms with Crippen molar-refractivity contribution in [3.63, 3.8) is 0 Å². The van der Waals surface area contributed by atoms with Crippen LogP contribution in [0.1, 0.15) is 13.3 Å². The largest absolute Gasteiger partial charge is 0.455 e. The summed E-state index contributed by atoms with van der Waals surface area (Å²) in [5, 5.41) is 4.80. The van der Waals surface area contributed by atoms with E-state index in [9.17, 15) is 9.59 Å². The Bertz CT molecular complexity index is 790. The molecule has 2 aromatic rings. The van der Waals surface area contributed by atoms with Crippen LogP contribution < -0.4 is 5.32 Å². The van der Waals surface area contributed by atoms with Crippen LogP contribution in [0.2, 0.25) is 0 Å². The highest BCUT2D eigenvalue weighted by Gasteiger charge is 2.69. The van der Waals surface area contributed by atoms with E-state index in [-0.39, 0.29) is 6.61 Å². The summed E-state index contributed by atoms with van der Waals surface area (Å²) in [6.07, 6.45) is 0.328. The normalized spacial score (nSPS) is 21.7. The number of halogens is 2. The van der Waals surface area contributed by atoms with Crippen molar-refractivity contribution < 1.29 is 14.3 Å². The van der Waals surface area contributed by atoms with Gasteiger partial charge in [-0.2, -0.15) is 0 Å². The number of ether oxygens (including phenoxy) is 1. The van der Waals surface area contributed by atoms with Crippen molar-refractivity contribution in [3.05, 3.63) is 42.5 Å². The molecule has 23 heavy (non-hydrogen) atoms. The van der Waals surface area contributed by atoms with Crippen molar-refractivity contribution in [2.75, 3.05) is 11.9 Å². The smallest absolute Gasteiger partial charge is 0.315 e. The van der Waals surface area contributed by atoms with Gasteiger partial charge in [-0.3, -0.25) is 9.59 Å². The third-order valence-electron chi connectivity index (χ3n) is 4.08. The Morgan fingerprint density at radius 2 is 1.83 bits per heavy atom. The summed E-state index contributed by atoms with van der Waals surface area (Å²) >= 11 is 11.8. The number of carbonyl (C=O) groups is 2. The first-order valence-corrected chi connectivity index (χ1v) is 7.91. The number of esters is 1. The number of nitrogens with one attached hydrogen (secondary N) is 1. The van der Waals surface area contributed by atoms with Crippen LogP contribution in [-0.4, -0.2) is 22.8 Å². The fraction of sp³-hybridized carbons (Fsp3) is 0.294. The van der Waals surface area contributed by atoms with Crippen molar-refractivity contribution in [2.24, 2.45) is 5.41 Å². The van der Waals surface area contributed by atoms with Gasteiger partial charge in [0.15, 0.2) is 6.61 Å². The molecule has 4 nitrogen and oxygen atoms in total. The quantitative estimate of drug-likeness (QED) is 0.671. The summed E-state index contributed by atoms with van der Waals surface area (Å²) in [5.74, 6) is -0.969. The highest BCUT2D eigenvalue weighted by atomic mass is 35.5. The molecule has 1 fully saturated rings. The molecule has 0 heterocycles. The van der Waals surface area contributed by atoms with Crippen LogP contribution in [0.4, 0.5) is 5.69 Å². The topological polar surface area (TPSA) is 55.4 Å². The van der Waals surface area contributed by atoms with Gasteiger partial charge in [0.2, 0.25) is 0 Å². The van der Waals surface area contributed by atoms with Crippen LogP contribution in [-0.2, 0) is 14.3 Å². The number of carbonyl (C=O) groups excluding carboxylic acids is 2. The minimum absolute atomic E-state index is 0.328. The molecular weight excluding hydrogens is 337 g/mol. The average Bonchev–Trinajstić information content (AvgIpc) is 3.04. The van der Waals surface area contributed by atoms with Gasteiger partial charge in [-0.25, -0.2) is 0 Å². The van der Waals surface area contributed by atoms with E-state index in [1.807, 2.05) is 36.4 Å². The Balaban J connectivity index is 1.58. The molecular formula is C17H15Cl2NO3. The summed E-state index contributed by atoms with van der Waals surface area (Å²) in [4.78, 5) is 23.8. The number of fused-ring (bicyclic) bond motifs is 1. The van der Waals surface area contributed by atoms with Crippen molar-refractivity contribution in [1.82, 2.24) is 0 Å². The predicted molar refractivity (Wildman–Crippen MR) is 90.7 cm³/mol. The first-order valence-electron chi connectivity index (χ1n) is 7.16. The fourth-order valence-corrected chi connectivity index (χ4v) is 3.06. The molecule has 120 valence electrons. The van der Waals surface area contributed by atoms with Crippen LogP contribution >= 0.6 is 23.2 Å². The predicted octanol–water partition coefficient (Wildman–Crippen LogP) is 3.91. The van der Waals surface area contributed by atoms with Gasteiger partial charge in [0.05, 0.1) is 0 Å². The van der Waals surface area contributed by atoms with Crippen molar-refractivity contribution >= 4 is 51.5 Å². The van der Waals surface area contributed by atoms with Gasteiger partial charge in [0, 0.05) is 12.1 Å². The van der Waals surface area contributed by atoms with Gasteiger partial charge in [-0.1, -0.05) is 30.3 Å². The Morgan fingerprint density at radius 3 is 2.48 bits per heavy atom. The molecule has 0 saturated heterocycles. The number of hydrogen-bond donors (Lipinski definition) is 1. The fourth-order valence-electron chi connectivity index (χ4n) is 2.38. The molecule has 1 N–H and O–H groups in total. The number of rotatable bonds is 4. The molecule has 0 radical (unpaired) electrons. The minimum Gasteiger partial charge on any atom is -0.455 e. The van der Waals surface area contributed by atoms with Crippen LogP contribution in [0.15, 0.2) is 42.5 Å². The van der Waals surface area contributed by atoms with Crippen molar-refractivity contribution in [1.29, 1.82) is 0 Å². The molecule has 6 heteroatoms. The monoisotopic (exact) mass is 351 g/mol. The summed E-state index contributed by atoms with van der Waals surface area (Å²) in [5.41, 5.74) is -0.286. The second-order valence-corrected chi connectivity index (χ2v) is 7.38. The van der Waals surface area contributed by atoms with Crippen LogP contribution in [0.25, 0.3) is 10.8 Å². The van der Waals surface area contributed by atoms with E-state index in [0.717, 1.165) is 10.8 Å². The zero-order chi connectivity index (χ0) is 16.7. The second kappa shape index (κ2) is 5.69. The lowest BCUT2D eigenvalue weighted by Gasteiger charge is -2.12. The molecule has 2 aromatic carbocycles. The molecule has 1 atom stereocenters. The Morgan fingerprint density at radius 1 is 1.17 bits per heavy atom. The van der Waals surface area contributed by atoms with E-state index in [4.69, 9.17) is 27.9 Å². The SMILES string of the molecule is C[C@@]1(C(=O)OCC(=O)Nc2ccc3ccccc3c2)CC1(Cl)Cl. The Hall–Kier alpha value is -1.78. The first-order chi connectivity index (χ1) is 10.8. The van der Waals surface area contributed by atoms with E-state index in [1.165, 1.54) is 0 Å². The molecule has 0 aliphatic heterocycles. The van der Waals surface area contributed by atoms with E-state index in [1.54, 1.807) is 13.0 Å². The van der Waals surface area contributed by atoms with Crippen molar-refractivity contribution in [3.8, 4) is 0 Å². The number of hydrogen-bond acceptors (Lipinski definition) is 3. The molecule has 1 amide bonds. The van der Waals surface area contributed by atoms with Crippen LogP contribution in [0, 0.1) is 5.41 Å². The highest BCUT2D eigenvalue weighted by molar-refractivity contribution is 6.53. The number of benzene rings is 2. The van der Waals surface area contributed by atoms with E-state index < -0.39 is 21.6 Å². The molecule has 3 rings (SSSR count).